The zero-order chi connectivity index (χ0) is 16.5. The SMILES string of the molecule is CCCCCCCCCCSc1nc(=O)n(C)c2c1CCCC2. The van der Waals surface area contributed by atoms with Crippen molar-refractivity contribution in [2.45, 2.75) is 89.0 Å². The summed E-state index contributed by atoms with van der Waals surface area (Å²) in [6.45, 7) is 2.26. The molecule has 3 nitrogen and oxygen atoms in total. The van der Waals surface area contributed by atoms with Gasteiger partial charge in [-0.25, -0.2) is 4.79 Å². The summed E-state index contributed by atoms with van der Waals surface area (Å²) in [5, 5.41) is 1.02. The molecule has 0 N–H and O–H groups in total. The molecule has 130 valence electrons. The molecule has 0 spiro atoms. The van der Waals surface area contributed by atoms with Crippen LogP contribution in [0.5, 0.6) is 0 Å². The number of aromatic nitrogens is 2. The van der Waals surface area contributed by atoms with Gasteiger partial charge in [-0.3, -0.25) is 4.57 Å². The van der Waals surface area contributed by atoms with Crippen LogP contribution in [0.25, 0.3) is 0 Å². The molecule has 0 saturated heterocycles. The maximum absolute atomic E-state index is 12.0. The third-order valence-electron chi connectivity index (χ3n) is 4.82. The maximum Gasteiger partial charge on any atom is 0.348 e. The largest absolute Gasteiger partial charge is 0.348 e. The number of thioether (sulfide) groups is 1. The number of hydrogen-bond acceptors (Lipinski definition) is 3. The molecule has 0 bridgehead atoms. The van der Waals surface area contributed by atoms with Gasteiger partial charge in [0.05, 0.1) is 0 Å². The summed E-state index contributed by atoms with van der Waals surface area (Å²) in [4.78, 5) is 16.3. The lowest BCUT2D eigenvalue weighted by Crippen LogP contribution is -2.27. The fraction of sp³-hybridized carbons (Fsp3) is 0.789. The molecule has 4 heteroatoms. The monoisotopic (exact) mass is 336 g/mol. The molecule has 0 unspecified atom stereocenters. The Bertz CT molecular complexity index is 539. The summed E-state index contributed by atoms with van der Waals surface area (Å²) < 4.78 is 1.76. The summed E-state index contributed by atoms with van der Waals surface area (Å²) in [6, 6.07) is 0. The molecule has 0 fully saturated rings. The van der Waals surface area contributed by atoms with Crippen LogP contribution in [0, 0.1) is 0 Å². The molecule has 0 radical (unpaired) electrons. The fourth-order valence-corrected chi connectivity index (χ4v) is 4.44. The van der Waals surface area contributed by atoms with E-state index in [1.165, 1.54) is 75.5 Å². The summed E-state index contributed by atoms with van der Waals surface area (Å²) in [5.74, 6) is 1.10. The van der Waals surface area contributed by atoms with Gasteiger partial charge >= 0.3 is 5.69 Å². The molecule has 0 aliphatic heterocycles. The molecule has 0 saturated carbocycles. The Hall–Kier alpha value is -0.770. The van der Waals surface area contributed by atoms with E-state index in [4.69, 9.17) is 0 Å². The number of unbranched alkanes of at least 4 members (excludes halogenated alkanes) is 7. The van der Waals surface area contributed by atoms with Crippen molar-refractivity contribution in [1.29, 1.82) is 0 Å². The highest BCUT2D eigenvalue weighted by molar-refractivity contribution is 7.99. The van der Waals surface area contributed by atoms with E-state index in [2.05, 4.69) is 11.9 Å². The number of nitrogens with zero attached hydrogens (tertiary/aromatic N) is 2. The van der Waals surface area contributed by atoms with Crippen molar-refractivity contribution in [1.82, 2.24) is 9.55 Å². The minimum absolute atomic E-state index is 0.0796. The molecule has 0 atom stereocenters. The first kappa shape index (κ1) is 18.6. The van der Waals surface area contributed by atoms with Gasteiger partial charge in [0.2, 0.25) is 0 Å². The molecule has 1 aromatic rings. The van der Waals surface area contributed by atoms with Crippen molar-refractivity contribution < 1.29 is 0 Å². The molecule has 2 rings (SSSR count). The van der Waals surface area contributed by atoms with Gasteiger partial charge in [0.1, 0.15) is 5.03 Å². The van der Waals surface area contributed by atoms with Gasteiger partial charge in [0.15, 0.2) is 0 Å². The zero-order valence-electron chi connectivity index (χ0n) is 14.9. The van der Waals surface area contributed by atoms with E-state index in [9.17, 15) is 4.79 Å². The first-order valence-corrected chi connectivity index (χ1v) is 10.4. The molecule has 0 aromatic carbocycles. The van der Waals surface area contributed by atoms with Crippen molar-refractivity contribution in [3.05, 3.63) is 21.7 Å². The average molecular weight is 337 g/mol. The van der Waals surface area contributed by atoms with Gasteiger partial charge in [0.25, 0.3) is 0 Å². The highest BCUT2D eigenvalue weighted by atomic mass is 32.2. The third kappa shape index (κ3) is 5.66. The van der Waals surface area contributed by atoms with Crippen molar-refractivity contribution in [2.75, 3.05) is 5.75 Å². The van der Waals surface area contributed by atoms with E-state index in [0.29, 0.717) is 0 Å². The quantitative estimate of drug-likeness (QED) is 0.346. The van der Waals surface area contributed by atoms with Crippen LogP contribution in [0.4, 0.5) is 0 Å². The van der Waals surface area contributed by atoms with Crippen molar-refractivity contribution in [2.24, 2.45) is 7.05 Å². The topological polar surface area (TPSA) is 34.9 Å². The first-order chi connectivity index (χ1) is 11.2. The van der Waals surface area contributed by atoms with E-state index in [1.807, 2.05) is 7.05 Å². The minimum atomic E-state index is -0.0796. The minimum Gasteiger partial charge on any atom is -0.299 e. The van der Waals surface area contributed by atoms with Crippen molar-refractivity contribution in [3.63, 3.8) is 0 Å². The predicted octanol–water partition coefficient (Wildman–Crippen LogP) is 4.89. The first-order valence-electron chi connectivity index (χ1n) is 9.45. The Kier molecular flexibility index (Phi) is 8.21. The van der Waals surface area contributed by atoms with E-state index in [1.54, 1.807) is 16.3 Å². The van der Waals surface area contributed by atoms with Crippen molar-refractivity contribution >= 4 is 11.8 Å². The van der Waals surface area contributed by atoms with E-state index in [0.717, 1.165) is 23.6 Å². The Morgan fingerprint density at radius 2 is 1.65 bits per heavy atom. The molecule has 23 heavy (non-hydrogen) atoms. The average Bonchev–Trinajstić information content (AvgIpc) is 2.57. The Morgan fingerprint density at radius 1 is 1.00 bits per heavy atom. The van der Waals surface area contributed by atoms with E-state index >= 15 is 0 Å². The second kappa shape index (κ2) is 10.2. The zero-order valence-corrected chi connectivity index (χ0v) is 15.7. The molecule has 1 aromatic heterocycles. The fourth-order valence-electron chi connectivity index (χ4n) is 3.36. The Morgan fingerprint density at radius 3 is 2.39 bits per heavy atom. The summed E-state index contributed by atoms with van der Waals surface area (Å²) in [7, 11) is 1.87. The predicted molar refractivity (Wildman–Crippen MR) is 99.5 cm³/mol. The normalized spacial score (nSPS) is 14.0. The smallest absolute Gasteiger partial charge is 0.299 e. The highest BCUT2D eigenvalue weighted by Crippen LogP contribution is 2.28. The summed E-state index contributed by atoms with van der Waals surface area (Å²) in [5.41, 5.74) is 2.50. The van der Waals surface area contributed by atoms with Gasteiger partial charge < -0.3 is 0 Å². The molecule has 1 aliphatic carbocycles. The second-order valence-electron chi connectivity index (χ2n) is 6.71. The molecular weight excluding hydrogens is 304 g/mol. The van der Waals surface area contributed by atoms with Crippen LogP contribution in [0.2, 0.25) is 0 Å². The molecule has 0 amide bonds. The van der Waals surface area contributed by atoms with Crippen molar-refractivity contribution in [3.8, 4) is 0 Å². The van der Waals surface area contributed by atoms with Crippen LogP contribution in [0.1, 0.15) is 82.4 Å². The van der Waals surface area contributed by atoms with Crippen LogP contribution < -0.4 is 5.69 Å². The maximum atomic E-state index is 12.0. The van der Waals surface area contributed by atoms with Crippen LogP contribution in [-0.4, -0.2) is 15.3 Å². The van der Waals surface area contributed by atoms with E-state index < -0.39 is 0 Å². The Balaban J connectivity index is 1.74. The third-order valence-corrected chi connectivity index (χ3v) is 5.93. The lowest BCUT2D eigenvalue weighted by molar-refractivity contribution is 0.585. The van der Waals surface area contributed by atoms with Gasteiger partial charge in [-0.2, -0.15) is 4.98 Å². The summed E-state index contributed by atoms with van der Waals surface area (Å²) >= 11 is 1.81. The Labute approximate surface area is 145 Å². The van der Waals surface area contributed by atoms with Gasteiger partial charge in [0, 0.05) is 18.3 Å². The number of hydrogen-bond donors (Lipinski definition) is 0. The lowest BCUT2D eigenvalue weighted by atomic mass is 9.97. The van der Waals surface area contributed by atoms with Gasteiger partial charge in [-0.1, -0.05) is 51.9 Å². The summed E-state index contributed by atoms with van der Waals surface area (Å²) in [6.07, 6.45) is 15.3. The van der Waals surface area contributed by atoms with Gasteiger partial charge in [-0.15, -0.1) is 11.8 Å². The standard InChI is InChI=1S/C19H32N2OS/c1-3-4-5-6-7-8-9-12-15-23-18-16-13-10-11-14-17(16)21(2)19(22)20-18/h3-15H2,1-2H3. The molecule has 1 aliphatic rings. The van der Waals surface area contributed by atoms with Crippen LogP contribution >= 0.6 is 11.8 Å². The van der Waals surface area contributed by atoms with Crippen LogP contribution in [0.3, 0.4) is 0 Å². The molecular formula is C19H32N2OS. The highest BCUT2D eigenvalue weighted by Gasteiger charge is 2.18. The number of fused-ring (bicyclic) bond motifs is 1. The number of rotatable bonds is 10. The van der Waals surface area contributed by atoms with Crippen LogP contribution in [0.15, 0.2) is 9.82 Å². The second-order valence-corrected chi connectivity index (χ2v) is 7.80. The van der Waals surface area contributed by atoms with Crippen LogP contribution in [-0.2, 0) is 19.9 Å². The van der Waals surface area contributed by atoms with E-state index in [-0.39, 0.29) is 5.69 Å². The van der Waals surface area contributed by atoms with Gasteiger partial charge in [-0.05, 0) is 37.9 Å². The lowest BCUT2D eigenvalue weighted by Gasteiger charge is -2.20. The molecule has 1 heterocycles.